The first-order valence-corrected chi connectivity index (χ1v) is 9.60. The van der Waals surface area contributed by atoms with E-state index in [0.717, 1.165) is 0 Å². The minimum atomic E-state index is -3.48. The molecule has 1 heterocycles. The van der Waals surface area contributed by atoms with Gasteiger partial charge < -0.3 is 4.74 Å². The zero-order valence-electron chi connectivity index (χ0n) is 14.7. The van der Waals surface area contributed by atoms with Crippen molar-refractivity contribution in [2.75, 3.05) is 27.2 Å². The van der Waals surface area contributed by atoms with Crippen molar-refractivity contribution in [1.29, 1.82) is 0 Å². The largest absolute Gasteiger partial charge is 0.491 e. The Morgan fingerprint density at radius 1 is 1.33 bits per heavy atom. The van der Waals surface area contributed by atoms with E-state index in [9.17, 15) is 13.2 Å². The van der Waals surface area contributed by atoms with Gasteiger partial charge in [-0.15, -0.1) is 0 Å². The second-order valence-corrected chi connectivity index (χ2v) is 8.69. The fraction of sp³-hybridized carbons (Fsp3) is 0.588. The molecule has 1 atom stereocenters. The van der Waals surface area contributed by atoms with Gasteiger partial charge >= 0.3 is 0 Å². The third kappa shape index (κ3) is 4.34. The van der Waals surface area contributed by atoms with Crippen LogP contribution in [0.5, 0.6) is 5.75 Å². The van der Waals surface area contributed by atoms with Crippen LogP contribution in [-0.2, 0) is 10.2 Å². The molecular weight excluding hydrogens is 328 g/mol. The molecule has 1 aromatic rings. The van der Waals surface area contributed by atoms with Crippen LogP contribution in [0.4, 0.5) is 0 Å². The summed E-state index contributed by atoms with van der Waals surface area (Å²) < 4.78 is 32.8. The minimum absolute atomic E-state index is 0.0251. The van der Waals surface area contributed by atoms with Gasteiger partial charge in [-0.3, -0.25) is 4.79 Å². The number of nitrogens with zero attached hydrogens (tertiary/aromatic N) is 2. The van der Waals surface area contributed by atoms with E-state index in [-0.39, 0.29) is 24.3 Å². The van der Waals surface area contributed by atoms with E-state index in [2.05, 4.69) is 0 Å². The number of benzene rings is 1. The molecule has 0 N–H and O–H groups in total. The molecule has 6 nitrogen and oxygen atoms in total. The number of ketones is 1. The Kier molecular flexibility index (Phi) is 6.01. The van der Waals surface area contributed by atoms with Crippen LogP contribution in [0.25, 0.3) is 0 Å². The van der Waals surface area contributed by atoms with E-state index in [4.69, 9.17) is 4.74 Å². The lowest BCUT2D eigenvalue weighted by molar-refractivity contribution is 0.0869. The molecule has 0 saturated carbocycles. The highest BCUT2D eigenvalue weighted by Crippen LogP contribution is 2.25. The summed E-state index contributed by atoms with van der Waals surface area (Å²) in [7, 11) is -0.468. The van der Waals surface area contributed by atoms with Crippen LogP contribution in [0.15, 0.2) is 24.3 Å². The van der Waals surface area contributed by atoms with Crippen molar-refractivity contribution in [2.45, 2.75) is 32.8 Å². The van der Waals surface area contributed by atoms with Crippen LogP contribution in [0.2, 0.25) is 0 Å². The molecule has 0 spiro atoms. The number of ether oxygens (including phenoxy) is 1. The first kappa shape index (κ1) is 18.9. The molecule has 0 amide bonds. The molecule has 0 aliphatic carbocycles. The molecule has 2 rings (SSSR count). The summed E-state index contributed by atoms with van der Waals surface area (Å²) in [5.41, 5.74) is 0.572. The van der Waals surface area contributed by atoms with E-state index in [1.54, 1.807) is 18.2 Å². The molecule has 24 heavy (non-hydrogen) atoms. The average molecular weight is 354 g/mol. The van der Waals surface area contributed by atoms with Gasteiger partial charge in [-0.05, 0) is 38.8 Å². The van der Waals surface area contributed by atoms with Gasteiger partial charge in [-0.25, -0.2) is 0 Å². The number of carbonyl (C=O) groups is 1. The second kappa shape index (κ2) is 7.63. The molecule has 7 heteroatoms. The van der Waals surface area contributed by atoms with Gasteiger partial charge in [-0.1, -0.05) is 12.1 Å². The molecular formula is C17H26N2O4S. The normalized spacial score (nSPS) is 19.7. The highest BCUT2D eigenvalue weighted by Gasteiger charge is 2.33. The number of hydrogen-bond acceptors (Lipinski definition) is 4. The Hall–Kier alpha value is -1.44. The zero-order valence-corrected chi connectivity index (χ0v) is 15.5. The third-order valence-corrected chi connectivity index (χ3v) is 5.94. The molecule has 1 aromatic carbocycles. The summed E-state index contributed by atoms with van der Waals surface area (Å²) in [4.78, 5) is 12.8. The molecule has 0 bridgehead atoms. The first-order chi connectivity index (χ1) is 11.2. The van der Waals surface area contributed by atoms with Crippen LogP contribution in [0.3, 0.4) is 0 Å². The monoisotopic (exact) mass is 354 g/mol. The molecule has 1 aliphatic heterocycles. The predicted molar refractivity (Wildman–Crippen MR) is 93.4 cm³/mol. The van der Waals surface area contributed by atoms with Gasteiger partial charge in [-0.2, -0.15) is 17.0 Å². The number of rotatable bonds is 6. The van der Waals surface area contributed by atoms with E-state index in [1.165, 1.54) is 22.7 Å². The van der Waals surface area contributed by atoms with Gasteiger partial charge in [0.15, 0.2) is 5.78 Å². The Balaban J connectivity index is 2.15. The fourth-order valence-corrected chi connectivity index (χ4v) is 4.02. The summed E-state index contributed by atoms with van der Waals surface area (Å²) in [5.74, 6) is 0.315. The topological polar surface area (TPSA) is 66.9 Å². The molecule has 1 aliphatic rings. The number of piperidine rings is 1. The van der Waals surface area contributed by atoms with E-state index < -0.39 is 10.2 Å². The van der Waals surface area contributed by atoms with E-state index in [1.807, 2.05) is 19.9 Å². The van der Waals surface area contributed by atoms with Crippen molar-refractivity contribution in [3.63, 3.8) is 0 Å². The van der Waals surface area contributed by atoms with Crippen molar-refractivity contribution in [2.24, 2.45) is 5.92 Å². The summed E-state index contributed by atoms with van der Waals surface area (Å²) in [6, 6.07) is 7.11. The quantitative estimate of drug-likeness (QED) is 0.735. The summed E-state index contributed by atoms with van der Waals surface area (Å²) >= 11 is 0. The molecule has 0 unspecified atom stereocenters. The van der Waals surface area contributed by atoms with Gasteiger partial charge in [0, 0.05) is 38.7 Å². The van der Waals surface area contributed by atoms with Crippen LogP contribution in [0, 0.1) is 5.92 Å². The molecule has 1 fully saturated rings. The van der Waals surface area contributed by atoms with Crippen molar-refractivity contribution in [3.8, 4) is 5.75 Å². The van der Waals surface area contributed by atoms with Gasteiger partial charge in [0.1, 0.15) is 5.75 Å². The maximum Gasteiger partial charge on any atom is 0.281 e. The second-order valence-electron chi connectivity index (χ2n) is 6.55. The number of hydrogen-bond donors (Lipinski definition) is 0. The summed E-state index contributed by atoms with van der Waals surface area (Å²) in [6.45, 7) is 4.55. The third-order valence-electron chi connectivity index (χ3n) is 4.03. The Bertz CT molecular complexity index is 686. The van der Waals surface area contributed by atoms with Crippen LogP contribution in [-0.4, -0.2) is 56.1 Å². The van der Waals surface area contributed by atoms with Crippen LogP contribution >= 0.6 is 0 Å². The van der Waals surface area contributed by atoms with E-state index in [0.29, 0.717) is 30.7 Å². The smallest absolute Gasteiger partial charge is 0.281 e. The highest BCUT2D eigenvalue weighted by atomic mass is 32.2. The van der Waals surface area contributed by atoms with Crippen LogP contribution in [0.1, 0.15) is 37.0 Å². The van der Waals surface area contributed by atoms with Gasteiger partial charge in [0.05, 0.1) is 6.10 Å². The standard InChI is InChI=1S/C17H26N2O4S/c1-13(2)23-16-9-5-7-14(11-16)17(20)15-8-6-10-19(12-15)24(21,22)18(3)4/h5,7,9,11,13,15H,6,8,10,12H2,1-4H3/t15-/m0/s1. The lowest BCUT2D eigenvalue weighted by atomic mass is 9.91. The SMILES string of the molecule is CC(C)Oc1cccc(C(=O)[C@H]2CCCN(S(=O)(=O)N(C)C)C2)c1. The highest BCUT2D eigenvalue weighted by molar-refractivity contribution is 7.86. The summed E-state index contributed by atoms with van der Waals surface area (Å²) in [5, 5.41) is 0. The maximum atomic E-state index is 12.8. The number of Topliss-reactive ketones (excluding diaryl/α,β-unsaturated/α-hetero) is 1. The Morgan fingerprint density at radius 3 is 2.67 bits per heavy atom. The molecule has 134 valence electrons. The van der Waals surface area contributed by atoms with Crippen molar-refractivity contribution in [3.05, 3.63) is 29.8 Å². The van der Waals surface area contributed by atoms with Gasteiger partial charge in [0.25, 0.3) is 10.2 Å². The summed E-state index contributed by atoms with van der Waals surface area (Å²) in [6.07, 6.45) is 1.42. The maximum absolute atomic E-state index is 12.8. The Labute approximate surface area is 144 Å². The lowest BCUT2D eigenvalue weighted by Crippen LogP contribution is -2.46. The molecule has 0 aromatic heterocycles. The van der Waals surface area contributed by atoms with Crippen molar-refractivity contribution < 1.29 is 17.9 Å². The van der Waals surface area contributed by atoms with Gasteiger partial charge in [0.2, 0.25) is 0 Å². The predicted octanol–water partition coefficient (Wildman–Crippen LogP) is 2.17. The Morgan fingerprint density at radius 2 is 2.04 bits per heavy atom. The van der Waals surface area contributed by atoms with Crippen molar-refractivity contribution in [1.82, 2.24) is 8.61 Å². The van der Waals surface area contributed by atoms with Crippen molar-refractivity contribution >= 4 is 16.0 Å². The zero-order chi connectivity index (χ0) is 17.9. The average Bonchev–Trinajstić information content (AvgIpc) is 2.53. The number of carbonyl (C=O) groups excluding carboxylic acids is 1. The van der Waals surface area contributed by atoms with Crippen LogP contribution < -0.4 is 4.74 Å². The first-order valence-electron chi connectivity index (χ1n) is 8.20. The molecule has 0 radical (unpaired) electrons. The van der Waals surface area contributed by atoms with E-state index >= 15 is 0 Å². The fourth-order valence-electron chi connectivity index (χ4n) is 2.83. The molecule has 1 saturated heterocycles. The lowest BCUT2D eigenvalue weighted by Gasteiger charge is -2.32. The minimum Gasteiger partial charge on any atom is -0.491 e.